The molecule has 2 atom stereocenters. The predicted molar refractivity (Wildman–Crippen MR) is 155 cm³/mol. The Hall–Kier alpha value is -3.84. The minimum absolute atomic E-state index is 0.0558. The van der Waals surface area contributed by atoms with Gasteiger partial charge in [0.2, 0.25) is 0 Å². The van der Waals surface area contributed by atoms with Gasteiger partial charge in [-0.3, -0.25) is 9.48 Å². The van der Waals surface area contributed by atoms with E-state index >= 15 is 0 Å². The van der Waals surface area contributed by atoms with Crippen LogP contribution < -0.4 is 20.3 Å². The Morgan fingerprint density at radius 2 is 1.85 bits per heavy atom. The first-order valence-corrected chi connectivity index (χ1v) is 15.5. The summed E-state index contributed by atoms with van der Waals surface area (Å²) in [5.41, 5.74) is 2.10. The smallest absolute Gasteiger partial charge is 0.317 e. The fourth-order valence-corrected chi connectivity index (χ4v) is 7.19. The molecule has 216 valence electrons. The van der Waals surface area contributed by atoms with Gasteiger partial charge in [-0.25, -0.2) is 17.8 Å². The summed E-state index contributed by atoms with van der Waals surface area (Å²) >= 11 is 0. The third-order valence-electron chi connectivity index (χ3n) is 7.56. The van der Waals surface area contributed by atoms with Crippen LogP contribution in [0.3, 0.4) is 0 Å². The minimum Gasteiger partial charge on any atom is -0.460 e. The van der Waals surface area contributed by atoms with Gasteiger partial charge in [0.25, 0.3) is 5.91 Å². The highest BCUT2D eigenvalue weighted by atomic mass is 32.2. The van der Waals surface area contributed by atoms with Gasteiger partial charge in [-0.05, 0) is 51.0 Å². The molecule has 0 unspecified atom stereocenters. The van der Waals surface area contributed by atoms with E-state index in [0.29, 0.717) is 34.8 Å². The number of amides is 1. The Balaban J connectivity index is 1.36. The molecular formula is C28H32FN7O4S. The van der Waals surface area contributed by atoms with Crippen molar-refractivity contribution in [2.24, 2.45) is 7.05 Å². The summed E-state index contributed by atoms with van der Waals surface area (Å²) in [4.78, 5) is 25.0. The summed E-state index contributed by atoms with van der Waals surface area (Å²) in [5, 5.41) is 11.7. The first kappa shape index (κ1) is 27.3. The monoisotopic (exact) mass is 581 g/mol. The van der Waals surface area contributed by atoms with E-state index in [2.05, 4.69) is 44.4 Å². The van der Waals surface area contributed by atoms with E-state index in [1.807, 2.05) is 6.07 Å². The van der Waals surface area contributed by atoms with Crippen molar-refractivity contribution < 1.29 is 22.3 Å². The lowest BCUT2D eigenvalue weighted by Crippen LogP contribution is -2.54. The third-order valence-corrected chi connectivity index (χ3v) is 9.27. The van der Waals surface area contributed by atoms with Crippen molar-refractivity contribution in [1.82, 2.24) is 25.1 Å². The highest BCUT2D eigenvalue weighted by molar-refractivity contribution is 7.91. The average Bonchev–Trinajstić information content (AvgIpc) is 3.29. The molecule has 0 bridgehead atoms. The zero-order valence-corrected chi connectivity index (χ0v) is 23.9. The molecule has 13 heteroatoms. The van der Waals surface area contributed by atoms with Crippen LogP contribution in [0, 0.1) is 5.82 Å². The van der Waals surface area contributed by atoms with Crippen LogP contribution in [-0.2, 0) is 16.9 Å². The number of carbonyl (C=O) groups excluding carboxylic acids is 1. The zero-order valence-electron chi connectivity index (χ0n) is 23.1. The molecule has 0 saturated carbocycles. The molecule has 2 aliphatic rings. The lowest BCUT2D eigenvalue weighted by Gasteiger charge is -2.38. The molecule has 11 nitrogen and oxygen atoms in total. The SMILES string of the molecule is C[C@@H]1CN(c2ccc(C(=O)Nc3cc(F)c4nn(C)cc4c3)c3nc(OC4CCS(=O)(=O)CC4)ncc23)C[C@H](C)N1. The van der Waals surface area contributed by atoms with Crippen molar-refractivity contribution in [1.29, 1.82) is 0 Å². The Morgan fingerprint density at radius 3 is 2.59 bits per heavy atom. The Kier molecular flexibility index (Phi) is 7.02. The van der Waals surface area contributed by atoms with Crippen LogP contribution in [-0.4, -0.2) is 76.9 Å². The Morgan fingerprint density at radius 1 is 1.12 bits per heavy atom. The van der Waals surface area contributed by atoms with Crippen molar-refractivity contribution in [3.63, 3.8) is 0 Å². The maximum absolute atomic E-state index is 14.7. The summed E-state index contributed by atoms with van der Waals surface area (Å²) in [5.74, 6) is -0.881. The largest absolute Gasteiger partial charge is 0.460 e. The molecule has 4 aromatic rings. The van der Waals surface area contributed by atoms with Crippen molar-refractivity contribution in [2.75, 3.05) is 34.8 Å². The molecule has 0 spiro atoms. The fraction of sp³-hybridized carbons (Fsp3) is 0.429. The van der Waals surface area contributed by atoms with Gasteiger partial charge < -0.3 is 20.3 Å². The molecule has 2 aromatic heterocycles. The number of sulfone groups is 1. The fourth-order valence-electron chi connectivity index (χ4n) is 5.75. The van der Waals surface area contributed by atoms with Crippen LogP contribution in [0.5, 0.6) is 6.01 Å². The number of nitrogens with one attached hydrogen (secondary N) is 2. The van der Waals surface area contributed by atoms with Crippen LogP contribution in [0.15, 0.2) is 36.7 Å². The van der Waals surface area contributed by atoms with Gasteiger partial charge in [0, 0.05) is 66.8 Å². The molecule has 0 radical (unpaired) electrons. The lowest BCUT2D eigenvalue weighted by molar-refractivity contribution is 0.102. The number of benzene rings is 2. The van der Waals surface area contributed by atoms with E-state index in [-0.39, 0.29) is 46.8 Å². The number of nitrogens with zero attached hydrogens (tertiary/aromatic N) is 5. The number of carbonyl (C=O) groups is 1. The second-order valence-electron chi connectivity index (χ2n) is 11.0. The van der Waals surface area contributed by atoms with E-state index in [9.17, 15) is 17.6 Å². The topological polar surface area (TPSA) is 131 Å². The number of aryl methyl sites for hydroxylation is 1. The van der Waals surface area contributed by atoms with Crippen molar-refractivity contribution in [2.45, 2.75) is 44.9 Å². The van der Waals surface area contributed by atoms with Gasteiger partial charge in [0.15, 0.2) is 15.7 Å². The summed E-state index contributed by atoms with van der Waals surface area (Å²) in [6.07, 6.45) is 3.72. The van der Waals surface area contributed by atoms with Crippen LogP contribution in [0.4, 0.5) is 15.8 Å². The molecule has 1 amide bonds. The van der Waals surface area contributed by atoms with Crippen LogP contribution in [0.25, 0.3) is 21.8 Å². The number of fused-ring (bicyclic) bond motifs is 2. The van der Waals surface area contributed by atoms with Crippen molar-refractivity contribution in [3.8, 4) is 6.01 Å². The number of ether oxygens (including phenoxy) is 1. The molecule has 2 aromatic carbocycles. The minimum atomic E-state index is -3.05. The normalized spacial score (nSPS) is 21.3. The zero-order chi connectivity index (χ0) is 28.9. The Bertz CT molecular complexity index is 1740. The summed E-state index contributed by atoms with van der Waals surface area (Å²) in [6, 6.07) is 7.13. The van der Waals surface area contributed by atoms with Gasteiger partial charge in [0.1, 0.15) is 11.6 Å². The number of hydrogen-bond acceptors (Lipinski definition) is 9. The van der Waals surface area contributed by atoms with Crippen LogP contribution in [0.2, 0.25) is 0 Å². The summed E-state index contributed by atoms with van der Waals surface area (Å²) in [6.45, 7) is 5.78. The van der Waals surface area contributed by atoms with E-state index < -0.39 is 21.6 Å². The molecule has 0 aliphatic carbocycles. The van der Waals surface area contributed by atoms with Crippen molar-refractivity contribution >= 4 is 48.9 Å². The second kappa shape index (κ2) is 10.5. The van der Waals surface area contributed by atoms with E-state index in [0.717, 1.165) is 18.8 Å². The quantitative estimate of drug-likeness (QED) is 0.365. The average molecular weight is 582 g/mol. The highest BCUT2D eigenvalue weighted by Gasteiger charge is 2.27. The maximum Gasteiger partial charge on any atom is 0.317 e. The van der Waals surface area contributed by atoms with Crippen LogP contribution >= 0.6 is 0 Å². The molecule has 2 fully saturated rings. The van der Waals surface area contributed by atoms with E-state index in [4.69, 9.17) is 4.74 Å². The van der Waals surface area contributed by atoms with Crippen molar-refractivity contribution in [3.05, 3.63) is 48.0 Å². The molecule has 2 aliphatic heterocycles. The molecule has 4 heterocycles. The molecular weight excluding hydrogens is 549 g/mol. The standard InChI is InChI=1S/C28H32FN7O4S/c1-16-13-36(14-17(2)31-16)24-5-4-21(27(37)32-19-10-18-15-35(3)34-25(18)23(29)11-19)26-22(24)12-30-28(33-26)40-20-6-8-41(38,39)9-7-20/h4-5,10-12,15-17,20,31H,6-9,13-14H2,1-3H3,(H,32,37)/t16-,17+. The Labute approximate surface area is 237 Å². The molecule has 2 N–H and O–H groups in total. The highest BCUT2D eigenvalue weighted by Crippen LogP contribution is 2.32. The summed E-state index contributed by atoms with van der Waals surface area (Å²) in [7, 11) is -1.34. The van der Waals surface area contributed by atoms with Gasteiger partial charge in [0.05, 0.1) is 22.6 Å². The van der Waals surface area contributed by atoms with E-state index in [1.165, 1.54) is 10.7 Å². The molecule has 41 heavy (non-hydrogen) atoms. The second-order valence-corrected chi connectivity index (χ2v) is 13.3. The summed E-state index contributed by atoms with van der Waals surface area (Å²) < 4.78 is 45.9. The first-order chi connectivity index (χ1) is 19.5. The van der Waals surface area contributed by atoms with Crippen LogP contribution in [0.1, 0.15) is 37.0 Å². The number of aromatic nitrogens is 4. The molecule has 2 saturated heterocycles. The number of hydrogen-bond donors (Lipinski definition) is 2. The molecule has 6 rings (SSSR count). The first-order valence-electron chi connectivity index (χ1n) is 13.7. The predicted octanol–water partition coefficient (Wildman–Crippen LogP) is 3.05. The number of piperazine rings is 1. The van der Waals surface area contributed by atoms with Gasteiger partial charge in [-0.2, -0.15) is 10.1 Å². The maximum atomic E-state index is 14.7. The van der Waals surface area contributed by atoms with E-state index in [1.54, 1.807) is 31.6 Å². The van der Waals surface area contributed by atoms with Gasteiger partial charge in [-0.15, -0.1) is 0 Å². The lowest BCUT2D eigenvalue weighted by atomic mass is 10.0. The van der Waals surface area contributed by atoms with Gasteiger partial charge in [-0.1, -0.05) is 0 Å². The number of halogens is 1. The third kappa shape index (κ3) is 5.68. The van der Waals surface area contributed by atoms with Gasteiger partial charge >= 0.3 is 6.01 Å². The number of anilines is 2. The number of rotatable bonds is 5.